The van der Waals surface area contributed by atoms with Gasteiger partial charge in [0.2, 0.25) is 0 Å². The maximum absolute atomic E-state index is 10.3. The van der Waals surface area contributed by atoms with Crippen LogP contribution >= 0.6 is 0 Å². The number of anilines is 1. The van der Waals surface area contributed by atoms with Gasteiger partial charge in [-0.15, -0.1) is 0 Å². The summed E-state index contributed by atoms with van der Waals surface area (Å²) in [5.74, 6) is 0. The maximum Gasteiger partial charge on any atom is 0.488 e. The molecule has 0 bridgehead atoms. The van der Waals surface area contributed by atoms with E-state index >= 15 is 0 Å². The SMILES string of the molecule is CCNCCN=C1C=CC2=C(c3ccc4c(CN(C)Cc5ccccc5B(O)O)c5ccccc5c(CN(C)Cc5ccccc5B(O)O)c4c3)c3ccc(N4CCNCC4)cc3[Si](C)(C)C2=C1. The summed E-state index contributed by atoms with van der Waals surface area (Å²) in [4.78, 5) is 12.1. The zero-order valence-electron chi connectivity index (χ0n) is 40.1. The van der Waals surface area contributed by atoms with Crippen molar-refractivity contribution in [2.75, 3.05) is 64.8 Å². The van der Waals surface area contributed by atoms with Crippen molar-refractivity contribution in [2.24, 2.45) is 4.99 Å². The van der Waals surface area contributed by atoms with Crippen molar-refractivity contribution in [3.63, 3.8) is 0 Å². The van der Waals surface area contributed by atoms with Gasteiger partial charge in [0.05, 0.1) is 12.3 Å². The lowest BCUT2D eigenvalue weighted by molar-refractivity contribution is 0.320. The van der Waals surface area contributed by atoms with Gasteiger partial charge in [0.15, 0.2) is 0 Å². The molecule has 0 aromatic heterocycles. The van der Waals surface area contributed by atoms with E-state index < -0.39 is 22.3 Å². The molecule has 0 amide bonds. The topological polar surface area (TPSA) is 127 Å². The first-order chi connectivity index (χ1) is 32.9. The van der Waals surface area contributed by atoms with E-state index in [1.807, 2.05) is 36.4 Å². The predicted molar refractivity (Wildman–Crippen MR) is 287 cm³/mol. The Morgan fingerprint density at radius 1 is 0.691 bits per heavy atom. The van der Waals surface area contributed by atoms with Gasteiger partial charge in [-0.25, -0.2) is 0 Å². The van der Waals surface area contributed by atoms with Gasteiger partial charge >= 0.3 is 14.2 Å². The van der Waals surface area contributed by atoms with Crippen LogP contribution in [0.3, 0.4) is 0 Å². The molecule has 68 heavy (non-hydrogen) atoms. The maximum atomic E-state index is 10.3. The van der Waals surface area contributed by atoms with Crippen molar-refractivity contribution in [1.82, 2.24) is 20.4 Å². The van der Waals surface area contributed by atoms with Crippen LogP contribution in [0.25, 0.3) is 27.1 Å². The second-order valence-corrected chi connectivity index (χ2v) is 23.5. The summed E-state index contributed by atoms with van der Waals surface area (Å²) in [6, 6.07) is 38.1. The average Bonchev–Trinajstić information content (AvgIpc) is 3.34. The molecular weight excluding hydrogens is 858 g/mol. The number of aliphatic imine (C=N–C) groups is 1. The smallest absolute Gasteiger partial charge is 0.423 e. The van der Waals surface area contributed by atoms with E-state index in [4.69, 9.17) is 4.99 Å². The lowest BCUT2D eigenvalue weighted by atomic mass is 9.77. The third-order valence-corrected chi connectivity index (χ3v) is 17.7. The number of nitrogens with zero attached hydrogens (tertiary/aromatic N) is 4. The summed E-state index contributed by atoms with van der Waals surface area (Å²) < 4.78 is 0. The standard InChI is InChI=1S/C55H64B2N6O4Si/c1-6-58-25-26-60-41-20-23-46-53(32-41)68(4,5)54-33-42(63-29-27-59-28-30-63)21-24-47(54)55(46)38-19-22-45-48(31-38)50(37-62(3)35-40-14-8-12-18-52(40)57(66)67)44-16-10-9-15-43(44)49(45)36-61(2)34-39-13-7-11-17-51(39)56(64)65/h7-24,31-33,58-59,64-67H,6,25-30,34-37H2,1-5H3. The minimum atomic E-state index is -2.25. The molecule has 0 radical (unpaired) electrons. The number of hydrogen-bond acceptors (Lipinski definition) is 10. The highest BCUT2D eigenvalue weighted by molar-refractivity contribution is 6.98. The molecule has 2 aliphatic heterocycles. The van der Waals surface area contributed by atoms with Crippen molar-refractivity contribution in [2.45, 2.75) is 46.2 Å². The highest BCUT2D eigenvalue weighted by atomic mass is 28.3. The van der Waals surface area contributed by atoms with Crippen LogP contribution in [0.15, 0.2) is 143 Å². The molecule has 9 rings (SSSR count). The van der Waals surface area contributed by atoms with Crippen LogP contribution in [0, 0.1) is 0 Å². The van der Waals surface area contributed by atoms with Crippen LogP contribution < -0.4 is 31.6 Å². The average molecular weight is 923 g/mol. The Hall–Kier alpha value is -5.44. The van der Waals surface area contributed by atoms with E-state index in [1.165, 1.54) is 65.5 Å². The number of fused-ring (bicyclic) bond motifs is 4. The number of allylic oxidation sites excluding steroid dienone is 5. The van der Waals surface area contributed by atoms with Gasteiger partial charge in [0.1, 0.15) is 8.07 Å². The fourth-order valence-electron chi connectivity index (χ4n) is 10.7. The second-order valence-electron chi connectivity index (χ2n) is 19.2. The van der Waals surface area contributed by atoms with Crippen LogP contribution in [0.5, 0.6) is 0 Å². The van der Waals surface area contributed by atoms with Gasteiger partial charge in [-0.3, -0.25) is 14.8 Å². The minimum absolute atomic E-state index is 0.510. The third-order valence-electron chi connectivity index (χ3n) is 14.1. The fraction of sp³-hybridized carbons (Fsp3) is 0.291. The first-order valence-electron chi connectivity index (χ1n) is 24.1. The molecule has 13 heteroatoms. The Bertz CT molecular complexity index is 2960. The Morgan fingerprint density at radius 3 is 1.90 bits per heavy atom. The van der Waals surface area contributed by atoms with Crippen LogP contribution in [-0.4, -0.2) is 118 Å². The summed E-state index contributed by atoms with van der Waals surface area (Å²) in [7, 11) is -1.17. The van der Waals surface area contributed by atoms with E-state index in [0.717, 1.165) is 68.2 Å². The van der Waals surface area contributed by atoms with Crippen molar-refractivity contribution < 1.29 is 20.1 Å². The van der Waals surface area contributed by atoms with Crippen LogP contribution in [0.2, 0.25) is 13.1 Å². The number of hydrogen-bond donors (Lipinski definition) is 6. The molecule has 10 nitrogen and oxygen atoms in total. The molecule has 6 N–H and O–H groups in total. The van der Waals surface area contributed by atoms with E-state index in [1.54, 1.807) is 12.1 Å². The predicted octanol–water partition coefficient (Wildman–Crippen LogP) is 4.84. The first kappa shape index (κ1) is 47.6. The monoisotopic (exact) mass is 922 g/mol. The number of nitrogens with one attached hydrogen (secondary N) is 2. The van der Waals surface area contributed by atoms with E-state index in [0.29, 0.717) is 37.1 Å². The molecule has 0 saturated carbocycles. The van der Waals surface area contributed by atoms with E-state index in [2.05, 4.69) is 138 Å². The zero-order chi connectivity index (χ0) is 47.5. The normalized spacial score (nSPS) is 16.2. The highest BCUT2D eigenvalue weighted by Crippen LogP contribution is 2.44. The number of piperazine rings is 1. The van der Waals surface area contributed by atoms with Crippen LogP contribution in [-0.2, 0) is 26.2 Å². The lowest BCUT2D eigenvalue weighted by Gasteiger charge is -2.39. The van der Waals surface area contributed by atoms with E-state index in [-0.39, 0.29) is 0 Å². The van der Waals surface area contributed by atoms with Gasteiger partial charge in [-0.2, -0.15) is 0 Å². The summed E-state index contributed by atoms with van der Waals surface area (Å²) in [5.41, 5.74) is 12.5. The molecule has 0 spiro atoms. The summed E-state index contributed by atoms with van der Waals surface area (Å²) in [5, 5.41) is 55.6. The Labute approximate surface area is 403 Å². The molecular formula is C55H64B2N6O4Si. The fourth-order valence-corrected chi connectivity index (χ4v) is 13.8. The quantitative estimate of drug-likeness (QED) is 0.0460. The molecule has 2 heterocycles. The van der Waals surface area contributed by atoms with E-state index in [9.17, 15) is 20.1 Å². The summed E-state index contributed by atoms with van der Waals surface area (Å²) in [6.07, 6.45) is 6.91. The Balaban J connectivity index is 1.23. The minimum Gasteiger partial charge on any atom is -0.423 e. The van der Waals surface area contributed by atoms with Crippen molar-refractivity contribution in [3.8, 4) is 0 Å². The molecule has 0 unspecified atom stereocenters. The van der Waals surface area contributed by atoms with Crippen molar-refractivity contribution in [1.29, 1.82) is 0 Å². The van der Waals surface area contributed by atoms with Gasteiger partial charge in [-0.05, 0) is 138 Å². The summed E-state index contributed by atoms with van der Waals surface area (Å²) >= 11 is 0. The third kappa shape index (κ3) is 9.73. The number of benzene rings is 6. The van der Waals surface area contributed by atoms with Crippen LogP contribution in [0.4, 0.5) is 5.69 Å². The number of rotatable bonds is 16. The zero-order valence-corrected chi connectivity index (χ0v) is 41.1. The van der Waals surface area contributed by atoms with Crippen molar-refractivity contribution >= 4 is 76.9 Å². The molecule has 3 aliphatic rings. The molecule has 1 aliphatic carbocycles. The molecule has 0 atom stereocenters. The van der Waals surface area contributed by atoms with Gasteiger partial charge in [0, 0.05) is 64.6 Å². The Morgan fingerprint density at radius 2 is 1.28 bits per heavy atom. The van der Waals surface area contributed by atoms with Crippen molar-refractivity contribution in [3.05, 3.63) is 172 Å². The second kappa shape index (κ2) is 20.6. The van der Waals surface area contributed by atoms with Gasteiger partial charge < -0.3 is 35.6 Å². The molecule has 6 aromatic rings. The first-order valence-corrected chi connectivity index (χ1v) is 27.1. The largest absolute Gasteiger partial charge is 0.488 e. The molecule has 348 valence electrons. The van der Waals surface area contributed by atoms with Crippen LogP contribution in [0.1, 0.15) is 40.3 Å². The Kier molecular flexibility index (Phi) is 14.5. The molecule has 6 aromatic carbocycles. The van der Waals surface area contributed by atoms with Gasteiger partial charge in [0.25, 0.3) is 0 Å². The molecule has 1 saturated heterocycles. The van der Waals surface area contributed by atoms with Gasteiger partial charge in [-0.1, -0.05) is 117 Å². The summed E-state index contributed by atoms with van der Waals surface area (Å²) in [6.45, 7) is 15.9. The molecule has 1 fully saturated rings. The highest BCUT2D eigenvalue weighted by Gasteiger charge is 2.40. The number of likely N-dealkylation sites (N-methyl/N-ethyl adjacent to an activating group) is 1. The lowest BCUT2D eigenvalue weighted by Crippen LogP contribution is -2.50.